The molecule has 1 aliphatic carbocycles. The van der Waals surface area contributed by atoms with Gasteiger partial charge >= 0.3 is 0 Å². The molecule has 1 saturated carbocycles. The van der Waals surface area contributed by atoms with Crippen LogP contribution in [-0.4, -0.2) is 36.1 Å². The first-order valence-electron chi connectivity index (χ1n) is 10.3. The van der Waals surface area contributed by atoms with Crippen LogP contribution in [0.2, 0.25) is 5.02 Å². The number of fused-ring (bicyclic) bond motifs is 1. The van der Waals surface area contributed by atoms with E-state index in [1.807, 2.05) is 55.4 Å². The number of para-hydroxylation sites is 1. The van der Waals surface area contributed by atoms with Gasteiger partial charge in [-0.3, -0.25) is 0 Å². The number of benzene rings is 2. The molecule has 0 amide bonds. The fraction of sp³-hybridized carbons (Fsp3) is 0.391. The van der Waals surface area contributed by atoms with Gasteiger partial charge in [-0.25, -0.2) is 4.98 Å². The average molecular weight is 410 g/mol. The highest BCUT2D eigenvalue weighted by Crippen LogP contribution is 2.26. The second-order valence-electron chi connectivity index (χ2n) is 7.99. The minimum atomic E-state index is 0.412. The quantitative estimate of drug-likeness (QED) is 0.608. The lowest BCUT2D eigenvalue weighted by Crippen LogP contribution is -2.37. The van der Waals surface area contributed by atoms with Crippen molar-refractivity contribution in [1.29, 1.82) is 0 Å². The fourth-order valence-corrected chi connectivity index (χ4v) is 4.21. The molecule has 2 N–H and O–H groups in total. The number of rotatable bonds is 6. The molecule has 0 saturated heterocycles. The lowest BCUT2D eigenvalue weighted by atomic mass is 9.91. The fourth-order valence-electron chi connectivity index (χ4n) is 4.00. The number of nitrogens with zero attached hydrogens (tertiary/aromatic N) is 3. The van der Waals surface area contributed by atoms with Crippen LogP contribution in [0.25, 0.3) is 10.9 Å². The van der Waals surface area contributed by atoms with Crippen LogP contribution in [0.15, 0.2) is 48.5 Å². The molecule has 1 aromatic heterocycles. The van der Waals surface area contributed by atoms with Gasteiger partial charge in [0.1, 0.15) is 5.82 Å². The number of anilines is 2. The summed E-state index contributed by atoms with van der Waals surface area (Å²) in [5.74, 6) is 1.68. The standard InChI is InChI=1S/C23H28ClN5/c1-29(2)22-20-8-3-4-9-21(20)27-23(28-22)26-19-12-10-18(11-13-19)25-15-16-6-5-7-17(24)14-16/h3-9,14,18-19,25H,10-13,15H2,1-2H3,(H,26,27,28). The molecule has 6 heteroatoms. The summed E-state index contributed by atoms with van der Waals surface area (Å²) in [6.07, 6.45) is 4.51. The third kappa shape index (κ3) is 4.98. The van der Waals surface area contributed by atoms with Gasteiger partial charge in [-0.15, -0.1) is 0 Å². The maximum absolute atomic E-state index is 6.08. The van der Waals surface area contributed by atoms with Crippen LogP contribution in [0.3, 0.4) is 0 Å². The van der Waals surface area contributed by atoms with E-state index in [9.17, 15) is 0 Å². The van der Waals surface area contributed by atoms with Crippen LogP contribution in [0, 0.1) is 0 Å². The average Bonchev–Trinajstić information content (AvgIpc) is 2.72. The van der Waals surface area contributed by atoms with Crippen molar-refractivity contribution >= 4 is 34.3 Å². The van der Waals surface area contributed by atoms with E-state index in [4.69, 9.17) is 21.6 Å². The zero-order valence-electron chi connectivity index (χ0n) is 17.0. The molecular formula is C23H28ClN5. The van der Waals surface area contributed by atoms with Gasteiger partial charge < -0.3 is 15.5 Å². The molecule has 0 radical (unpaired) electrons. The SMILES string of the molecule is CN(C)c1nc(NC2CCC(NCc3cccc(Cl)c3)CC2)nc2ccccc12. The Morgan fingerprint density at radius 3 is 2.48 bits per heavy atom. The van der Waals surface area contributed by atoms with Crippen LogP contribution in [0.5, 0.6) is 0 Å². The molecular weight excluding hydrogens is 382 g/mol. The summed E-state index contributed by atoms with van der Waals surface area (Å²) in [6, 6.07) is 17.2. The highest BCUT2D eigenvalue weighted by Gasteiger charge is 2.22. The highest BCUT2D eigenvalue weighted by atomic mass is 35.5. The van der Waals surface area contributed by atoms with Crippen LogP contribution in [0.1, 0.15) is 31.2 Å². The number of aromatic nitrogens is 2. The molecule has 0 atom stereocenters. The van der Waals surface area contributed by atoms with Crippen molar-refractivity contribution in [3.8, 4) is 0 Å². The summed E-state index contributed by atoms with van der Waals surface area (Å²) in [7, 11) is 4.05. The second kappa shape index (κ2) is 8.97. The Balaban J connectivity index is 1.35. The van der Waals surface area contributed by atoms with Crippen molar-refractivity contribution in [2.75, 3.05) is 24.3 Å². The molecule has 1 aliphatic rings. The Labute approximate surface area is 177 Å². The van der Waals surface area contributed by atoms with E-state index in [-0.39, 0.29) is 0 Å². The van der Waals surface area contributed by atoms with E-state index >= 15 is 0 Å². The van der Waals surface area contributed by atoms with Crippen molar-refractivity contribution in [3.05, 3.63) is 59.1 Å². The zero-order chi connectivity index (χ0) is 20.2. The molecule has 1 fully saturated rings. The van der Waals surface area contributed by atoms with E-state index < -0.39 is 0 Å². The summed E-state index contributed by atoms with van der Waals surface area (Å²) >= 11 is 6.08. The van der Waals surface area contributed by atoms with Gasteiger partial charge in [0.25, 0.3) is 0 Å². The van der Waals surface area contributed by atoms with Gasteiger partial charge in [-0.2, -0.15) is 4.98 Å². The first-order valence-corrected chi connectivity index (χ1v) is 10.6. The molecule has 0 unspecified atom stereocenters. The van der Waals surface area contributed by atoms with E-state index in [1.54, 1.807) is 0 Å². The van der Waals surface area contributed by atoms with Crippen molar-refractivity contribution in [1.82, 2.24) is 15.3 Å². The number of halogens is 1. The van der Waals surface area contributed by atoms with Crippen molar-refractivity contribution in [3.63, 3.8) is 0 Å². The van der Waals surface area contributed by atoms with E-state index in [0.717, 1.165) is 59.9 Å². The molecule has 0 spiro atoms. The number of nitrogens with one attached hydrogen (secondary N) is 2. The molecule has 29 heavy (non-hydrogen) atoms. The summed E-state index contributed by atoms with van der Waals surface area (Å²) in [6.45, 7) is 0.864. The number of hydrogen-bond acceptors (Lipinski definition) is 5. The molecule has 0 bridgehead atoms. The maximum Gasteiger partial charge on any atom is 0.225 e. The van der Waals surface area contributed by atoms with Gasteiger partial charge in [0.05, 0.1) is 5.52 Å². The van der Waals surface area contributed by atoms with Gasteiger partial charge in [-0.1, -0.05) is 35.9 Å². The Kier molecular flexibility index (Phi) is 6.16. The molecule has 0 aliphatic heterocycles. The topological polar surface area (TPSA) is 53.1 Å². The maximum atomic E-state index is 6.08. The third-order valence-electron chi connectivity index (χ3n) is 5.55. The van der Waals surface area contributed by atoms with Crippen molar-refractivity contribution in [2.45, 2.75) is 44.3 Å². The zero-order valence-corrected chi connectivity index (χ0v) is 17.8. The molecule has 1 heterocycles. The monoisotopic (exact) mass is 409 g/mol. The Morgan fingerprint density at radius 2 is 1.72 bits per heavy atom. The van der Waals surface area contributed by atoms with Gasteiger partial charge in [0, 0.05) is 43.1 Å². The molecule has 152 valence electrons. The first-order chi connectivity index (χ1) is 14.1. The summed E-state index contributed by atoms with van der Waals surface area (Å²) in [5, 5.41) is 9.13. The Bertz CT molecular complexity index is 966. The minimum Gasteiger partial charge on any atom is -0.362 e. The smallest absolute Gasteiger partial charge is 0.225 e. The summed E-state index contributed by atoms with van der Waals surface area (Å²) in [5.41, 5.74) is 2.21. The highest BCUT2D eigenvalue weighted by molar-refractivity contribution is 6.30. The lowest BCUT2D eigenvalue weighted by molar-refractivity contribution is 0.352. The largest absolute Gasteiger partial charge is 0.362 e. The summed E-state index contributed by atoms with van der Waals surface area (Å²) in [4.78, 5) is 11.6. The van der Waals surface area contributed by atoms with Gasteiger partial charge in [0.2, 0.25) is 5.95 Å². The minimum absolute atomic E-state index is 0.412. The second-order valence-corrected chi connectivity index (χ2v) is 8.42. The van der Waals surface area contributed by atoms with Crippen LogP contribution < -0.4 is 15.5 Å². The van der Waals surface area contributed by atoms with Crippen molar-refractivity contribution < 1.29 is 0 Å². The van der Waals surface area contributed by atoms with Crippen LogP contribution in [-0.2, 0) is 6.54 Å². The van der Waals surface area contributed by atoms with E-state index in [1.165, 1.54) is 5.56 Å². The number of hydrogen-bond donors (Lipinski definition) is 2. The molecule has 5 nitrogen and oxygen atoms in total. The predicted octanol–water partition coefficient (Wildman–Crippen LogP) is 4.86. The Hall–Kier alpha value is -2.37. The molecule has 3 aromatic rings. The summed E-state index contributed by atoms with van der Waals surface area (Å²) < 4.78 is 0. The van der Waals surface area contributed by atoms with E-state index in [2.05, 4.69) is 22.8 Å². The van der Waals surface area contributed by atoms with E-state index in [0.29, 0.717) is 12.1 Å². The molecule has 2 aromatic carbocycles. The predicted molar refractivity (Wildman–Crippen MR) is 122 cm³/mol. The Morgan fingerprint density at radius 1 is 0.966 bits per heavy atom. The van der Waals surface area contributed by atoms with Crippen molar-refractivity contribution in [2.24, 2.45) is 0 Å². The van der Waals surface area contributed by atoms with Crippen LogP contribution in [0.4, 0.5) is 11.8 Å². The normalized spacial score (nSPS) is 19.3. The van der Waals surface area contributed by atoms with Gasteiger partial charge in [-0.05, 0) is 55.5 Å². The van der Waals surface area contributed by atoms with Crippen LogP contribution >= 0.6 is 11.6 Å². The first kappa shape index (κ1) is 19.9. The lowest BCUT2D eigenvalue weighted by Gasteiger charge is -2.30. The van der Waals surface area contributed by atoms with Gasteiger partial charge in [0.15, 0.2) is 0 Å². The third-order valence-corrected chi connectivity index (χ3v) is 5.79. The molecule has 4 rings (SSSR count).